The van der Waals surface area contributed by atoms with Crippen LogP contribution >= 0.6 is 6.19 Å². The Morgan fingerprint density at radius 3 is 2.16 bits per heavy atom. The lowest BCUT2D eigenvalue weighted by atomic mass is 9.98. The highest BCUT2D eigenvalue weighted by Gasteiger charge is 2.44. The first-order chi connectivity index (χ1) is 15.3. The van der Waals surface area contributed by atoms with Crippen molar-refractivity contribution in [1.82, 2.24) is 4.98 Å². The summed E-state index contributed by atoms with van der Waals surface area (Å²) in [6.07, 6.45) is 1.52. The highest BCUT2D eigenvalue weighted by Crippen LogP contribution is 2.65. The average molecular weight is 432 g/mol. The number of aromatic nitrogens is 1. The van der Waals surface area contributed by atoms with Crippen LogP contribution in [0.3, 0.4) is 0 Å². The van der Waals surface area contributed by atoms with Crippen LogP contribution < -0.4 is 15.3 Å². The highest BCUT2D eigenvalue weighted by atomic mass is 32.4. The Labute approximate surface area is 185 Å². The number of nitrogens with zero attached hydrogens (tertiary/aromatic N) is 2. The largest absolute Gasteiger partial charge is 0.303 e. The molecule has 146 valence electrons. The van der Waals surface area contributed by atoms with Crippen molar-refractivity contribution in [2.45, 2.75) is 0 Å². The fourth-order valence-corrected chi connectivity index (χ4v) is 9.83. The Bertz CT molecular complexity index is 1590. The predicted molar refractivity (Wildman–Crippen MR) is 135 cm³/mol. The van der Waals surface area contributed by atoms with Gasteiger partial charge in [-0.3, -0.25) is 4.98 Å². The molecule has 0 N–H and O–H groups in total. The van der Waals surface area contributed by atoms with Crippen molar-refractivity contribution in [3.63, 3.8) is 0 Å². The monoisotopic (exact) mass is 432 g/mol. The average Bonchev–Trinajstić information content (AvgIpc) is 2.83. The van der Waals surface area contributed by atoms with Crippen LogP contribution in [0, 0.1) is 0 Å². The number of anilines is 2. The third kappa shape index (κ3) is 2.18. The van der Waals surface area contributed by atoms with Crippen LogP contribution in [0.5, 0.6) is 0 Å². The molecule has 1 unspecified atom stereocenters. The quantitative estimate of drug-likeness (QED) is 0.264. The standard InChI is InChI=1S/C27H17N2PS/c31-30-26-12-6-4-10-22(26)21-13-14-28-17-25(21)29(30)24-11-5-3-9-20(24)23-15-18-7-1-2-8-19(18)16-27(23)30/h1-17H. The maximum atomic E-state index is 6.76. The van der Waals surface area contributed by atoms with Crippen LogP contribution in [0.1, 0.15) is 0 Å². The third-order valence-electron chi connectivity index (χ3n) is 6.44. The number of para-hydroxylation sites is 1. The minimum absolute atomic E-state index is 1.11. The molecule has 4 heteroatoms. The van der Waals surface area contributed by atoms with Gasteiger partial charge in [-0.2, -0.15) is 0 Å². The fourth-order valence-electron chi connectivity index (χ4n) is 5.11. The maximum absolute atomic E-state index is 6.76. The Balaban J connectivity index is 1.70. The molecule has 3 heterocycles. The van der Waals surface area contributed by atoms with Gasteiger partial charge in [0.2, 0.25) is 0 Å². The Morgan fingerprint density at radius 1 is 0.613 bits per heavy atom. The summed E-state index contributed by atoms with van der Waals surface area (Å²) in [5.41, 5.74) is 7.21. The van der Waals surface area contributed by atoms with Crippen molar-refractivity contribution in [3.05, 3.63) is 103 Å². The van der Waals surface area contributed by atoms with E-state index in [1.807, 2.05) is 12.4 Å². The lowest BCUT2D eigenvalue weighted by Crippen LogP contribution is -2.37. The van der Waals surface area contributed by atoms with E-state index in [-0.39, 0.29) is 0 Å². The molecule has 1 aromatic heterocycles. The first-order valence-electron chi connectivity index (χ1n) is 10.3. The van der Waals surface area contributed by atoms with Crippen molar-refractivity contribution in [2.75, 3.05) is 4.67 Å². The Kier molecular flexibility index (Phi) is 3.45. The van der Waals surface area contributed by atoms with E-state index in [2.05, 4.69) is 101 Å². The van der Waals surface area contributed by atoms with E-state index in [1.54, 1.807) is 0 Å². The lowest BCUT2D eigenvalue weighted by Gasteiger charge is -2.47. The minimum atomic E-state index is -2.34. The van der Waals surface area contributed by atoms with Crippen molar-refractivity contribution in [1.29, 1.82) is 0 Å². The second-order valence-electron chi connectivity index (χ2n) is 8.03. The summed E-state index contributed by atoms with van der Waals surface area (Å²) in [6.45, 7) is 0. The van der Waals surface area contributed by atoms with Crippen molar-refractivity contribution in [2.24, 2.45) is 0 Å². The Morgan fingerprint density at radius 2 is 1.29 bits per heavy atom. The Hall–Kier alpha value is -3.26. The van der Waals surface area contributed by atoms with Gasteiger partial charge in [-0.15, -0.1) is 0 Å². The SMILES string of the molecule is S=P12c3ccccc3-c3ccncc3N1c1ccccc1-c1cc3ccccc3cc12. The summed E-state index contributed by atoms with van der Waals surface area (Å²) >= 11 is 6.76. The predicted octanol–water partition coefficient (Wildman–Crippen LogP) is 6.38. The summed E-state index contributed by atoms with van der Waals surface area (Å²) in [6, 6.07) is 32.7. The van der Waals surface area contributed by atoms with Crippen LogP contribution in [-0.2, 0) is 11.8 Å². The number of hydrogen-bond donors (Lipinski definition) is 0. The van der Waals surface area contributed by atoms with Gasteiger partial charge in [-0.05, 0) is 46.2 Å². The minimum Gasteiger partial charge on any atom is -0.303 e. The van der Waals surface area contributed by atoms with Crippen molar-refractivity contribution in [3.8, 4) is 22.3 Å². The molecule has 0 radical (unpaired) electrons. The van der Waals surface area contributed by atoms with Gasteiger partial charge in [0, 0.05) is 27.9 Å². The molecule has 0 amide bonds. The molecule has 5 aromatic rings. The van der Waals surface area contributed by atoms with E-state index in [0.29, 0.717) is 0 Å². The number of benzene rings is 4. The normalized spacial score (nSPS) is 17.9. The van der Waals surface area contributed by atoms with Gasteiger partial charge < -0.3 is 4.67 Å². The molecule has 0 fully saturated rings. The van der Waals surface area contributed by atoms with E-state index in [9.17, 15) is 0 Å². The zero-order valence-corrected chi connectivity index (χ0v) is 18.3. The first-order valence-corrected chi connectivity index (χ1v) is 13.1. The van der Waals surface area contributed by atoms with Crippen molar-refractivity contribution >= 4 is 50.8 Å². The fraction of sp³-hybridized carbons (Fsp3) is 0. The van der Waals surface area contributed by atoms with Crippen LogP contribution in [-0.4, -0.2) is 4.98 Å². The summed E-state index contributed by atoms with van der Waals surface area (Å²) in [7, 11) is 0. The van der Waals surface area contributed by atoms with E-state index < -0.39 is 6.19 Å². The molecule has 31 heavy (non-hydrogen) atoms. The molecular formula is C27H17N2PS. The second-order valence-corrected chi connectivity index (χ2v) is 12.1. The summed E-state index contributed by atoms with van der Waals surface area (Å²) in [4.78, 5) is 4.50. The van der Waals surface area contributed by atoms with E-state index in [4.69, 9.17) is 11.8 Å². The van der Waals surface area contributed by atoms with Gasteiger partial charge in [-0.25, -0.2) is 0 Å². The zero-order chi connectivity index (χ0) is 20.6. The second kappa shape index (κ2) is 6.13. The summed E-state index contributed by atoms with van der Waals surface area (Å²) < 4.78 is 2.43. The molecule has 0 bridgehead atoms. The highest BCUT2D eigenvalue weighted by molar-refractivity contribution is 8.23. The molecule has 4 aromatic carbocycles. The van der Waals surface area contributed by atoms with E-state index >= 15 is 0 Å². The summed E-state index contributed by atoms with van der Waals surface area (Å²) in [5, 5.41) is 5.01. The molecule has 1 atom stereocenters. The molecule has 0 spiro atoms. The number of rotatable bonds is 0. The smallest absolute Gasteiger partial charge is 0.0986 e. The van der Waals surface area contributed by atoms with Gasteiger partial charge in [0.15, 0.2) is 0 Å². The topological polar surface area (TPSA) is 16.1 Å². The van der Waals surface area contributed by atoms with Crippen LogP contribution in [0.15, 0.2) is 103 Å². The molecule has 0 saturated heterocycles. The third-order valence-corrected chi connectivity index (χ3v) is 11.2. The van der Waals surface area contributed by atoms with Crippen LogP contribution in [0.4, 0.5) is 11.4 Å². The molecule has 2 aliphatic heterocycles. The van der Waals surface area contributed by atoms with E-state index in [1.165, 1.54) is 49.3 Å². The van der Waals surface area contributed by atoms with Gasteiger partial charge in [-0.1, -0.05) is 78.5 Å². The van der Waals surface area contributed by atoms with Gasteiger partial charge in [0.05, 0.1) is 23.8 Å². The van der Waals surface area contributed by atoms with Crippen molar-refractivity contribution < 1.29 is 0 Å². The van der Waals surface area contributed by atoms with Gasteiger partial charge in [0.1, 0.15) is 0 Å². The molecule has 0 aliphatic carbocycles. The first kappa shape index (κ1) is 17.4. The van der Waals surface area contributed by atoms with Crippen LogP contribution in [0.25, 0.3) is 33.0 Å². The van der Waals surface area contributed by atoms with Gasteiger partial charge >= 0.3 is 0 Å². The molecule has 2 nitrogen and oxygen atoms in total. The number of hydrogen-bond acceptors (Lipinski definition) is 2. The van der Waals surface area contributed by atoms with E-state index in [0.717, 1.165) is 5.69 Å². The zero-order valence-electron chi connectivity index (χ0n) is 16.6. The molecule has 7 rings (SSSR count). The summed E-state index contributed by atoms with van der Waals surface area (Å²) in [5.74, 6) is 0. The maximum Gasteiger partial charge on any atom is 0.0986 e. The number of pyridine rings is 1. The van der Waals surface area contributed by atoms with Crippen LogP contribution in [0.2, 0.25) is 0 Å². The molecular weight excluding hydrogens is 415 g/mol. The lowest BCUT2D eigenvalue weighted by molar-refractivity contribution is 1.28. The number of fused-ring (bicyclic) bond motifs is 12. The molecule has 0 saturated carbocycles. The molecule has 2 aliphatic rings. The van der Waals surface area contributed by atoms with Gasteiger partial charge in [0.25, 0.3) is 0 Å².